The summed E-state index contributed by atoms with van der Waals surface area (Å²) in [7, 11) is 4.12. The summed E-state index contributed by atoms with van der Waals surface area (Å²) in [6, 6.07) is 4.14. The van der Waals surface area contributed by atoms with Gasteiger partial charge in [0.1, 0.15) is 0 Å². The Kier molecular flexibility index (Phi) is 4.42. The Morgan fingerprint density at radius 1 is 1.54 bits per heavy atom. The molecule has 1 aromatic rings. The van der Waals surface area contributed by atoms with Crippen molar-refractivity contribution in [2.45, 2.75) is 12.3 Å². The first-order valence-corrected chi connectivity index (χ1v) is 5.41. The summed E-state index contributed by atoms with van der Waals surface area (Å²) in [6.07, 6.45) is 1.03. The molecule has 0 amide bonds. The van der Waals surface area contributed by atoms with Gasteiger partial charge in [0, 0.05) is 10.8 Å². The number of hydrogen-bond donors (Lipinski definition) is 1. The predicted molar refractivity (Wildman–Crippen MR) is 57.3 cm³/mol. The van der Waals surface area contributed by atoms with E-state index in [1.165, 1.54) is 4.88 Å². The maximum Gasteiger partial charge on any atom is 0.0508 e. The Balaban J connectivity index is 2.44. The molecule has 0 saturated heterocycles. The number of aliphatic hydroxyl groups excluding tert-OH is 1. The van der Waals surface area contributed by atoms with E-state index in [0.717, 1.165) is 13.0 Å². The van der Waals surface area contributed by atoms with E-state index in [4.69, 9.17) is 0 Å². The zero-order valence-corrected chi connectivity index (χ0v) is 9.05. The van der Waals surface area contributed by atoms with E-state index in [1.807, 2.05) is 6.07 Å². The highest BCUT2D eigenvalue weighted by Gasteiger charge is 2.10. The van der Waals surface area contributed by atoms with Crippen molar-refractivity contribution in [1.82, 2.24) is 4.90 Å². The van der Waals surface area contributed by atoms with Crippen LogP contribution in [0.25, 0.3) is 0 Å². The fraction of sp³-hybridized carbons (Fsp3) is 0.600. The summed E-state index contributed by atoms with van der Waals surface area (Å²) >= 11 is 1.73. The van der Waals surface area contributed by atoms with Crippen molar-refractivity contribution in [3.63, 3.8) is 0 Å². The van der Waals surface area contributed by atoms with E-state index in [2.05, 4.69) is 30.4 Å². The Hall–Kier alpha value is -0.380. The first kappa shape index (κ1) is 10.7. The van der Waals surface area contributed by atoms with Gasteiger partial charge in [-0.05, 0) is 38.5 Å². The Morgan fingerprint density at radius 2 is 2.31 bits per heavy atom. The van der Waals surface area contributed by atoms with Crippen LogP contribution in [-0.2, 0) is 0 Å². The third kappa shape index (κ3) is 3.46. The average Bonchev–Trinajstić information content (AvgIpc) is 2.58. The highest BCUT2D eigenvalue weighted by Crippen LogP contribution is 2.23. The molecule has 0 radical (unpaired) electrons. The van der Waals surface area contributed by atoms with Crippen LogP contribution < -0.4 is 0 Å². The van der Waals surface area contributed by atoms with Crippen LogP contribution in [0.5, 0.6) is 0 Å². The molecule has 1 heterocycles. The van der Waals surface area contributed by atoms with E-state index in [0.29, 0.717) is 5.92 Å². The highest BCUT2D eigenvalue weighted by atomic mass is 32.1. The van der Waals surface area contributed by atoms with Crippen LogP contribution in [0.2, 0.25) is 0 Å². The first-order valence-electron chi connectivity index (χ1n) is 4.53. The number of nitrogens with zero attached hydrogens (tertiary/aromatic N) is 1. The van der Waals surface area contributed by atoms with Crippen molar-refractivity contribution in [1.29, 1.82) is 0 Å². The van der Waals surface area contributed by atoms with Gasteiger partial charge in [0.2, 0.25) is 0 Å². The molecule has 0 aliphatic carbocycles. The van der Waals surface area contributed by atoms with Crippen molar-refractivity contribution in [2.24, 2.45) is 0 Å². The van der Waals surface area contributed by atoms with Crippen LogP contribution in [0.1, 0.15) is 17.2 Å². The molecular weight excluding hydrogens is 182 g/mol. The van der Waals surface area contributed by atoms with Crippen LogP contribution in [0.3, 0.4) is 0 Å². The van der Waals surface area contributed by atoms with E-state index in [1.54, 1.807) is 11.3 Å². The van der Waals surface area contributed by atoms with Crippen molar-refractivity contribution in [3.05, 3.63) is 22.4 Å². The number of aliphatic hydroxyl groups is 1. The SMILES string of the molecule is CN(C)CCC(CO)c1cccs1. The standard InChI is InChI=1S/C10H17NOS/c1-11(2)6-5-9(8-12)10-4-3-7-13-10/h3-4,7,9,12H,5-6,8H2,1-2H3. The normalized spacial score (nSPS) is 13.5. The van der Waals surface area contributed by atoms with Gasteiger partial charge in [-0.3, -0.25) is 0 Å². The second-order valence-corrected chi connectivity index (χ2v) is 4.47. The van der Waals surface area contributed by atoms with E-state index >= 15 is 0 Å². The molecule has 0 bridgehead atoms. The Morgan fingerprint density at radius 3 is 2.77 bits per heavy atom. The zero-order valence-electron chi connectivity index (χ0n) is 8.23. The molecule has 0 aliphatic rings. The predicted octanol–water partition coefficient (Wildman–Crippen LogP) is 1.78. The van der Waals surface area contributed by atoms with E-state index in [-0.39, 0.29) is 6.61 Å². The van der Waals surface area contributed by atoms with Crippen molar-refractivity contribution in [3.8, 4) is 0 Å². The van der Waals surface area contributed by atoms with Crippen LogP contribution in [0.4, 0.5) is 0 Å². The van der Waals surface area contributed by atoms with Gasteiger partial charge in [-0.25, -0.2) is 0 Å². The molecule has 1 aromatic heterocycles. The molecule has 1 unspecified atom stereocenters. The third-order valence-electron chi connectivity index (χ3n) is 2.09. The molecule has 0 aromatic carbocycles. The van der Waals surface area contributed by atoms with Crippen molar-refractivity contribution in [2.75, 3.05) is 27.2 Å². The van der Waals surface area contributed by atoms with Gasteiger partial charge in [0.15, 0.2) is 0 Å². The first-order chi connectivity index (χ1) is 6.24. The van der Waals surface area contributed by atoms with Gasteiger partial charge in [-0.15, -0.1) is 11.3 Å². The minimum atomic E-state index is 0.258. The summed E-state index contributed by atoms with van der Waals surface area (Å²) in [4.78, 5) is 3.44. The monoisotopic (exact) mass is 199 g/mol. The quantitative estimate of drug-likeness (QED) is 0.781. The number of rotatable bonds is 5. The Labute approximate surface area is 83.8 Å². The maximum absolute atomic E-state index is 9.20. The number of thiophene rings is 1. The lowest BCUT2D eigenvalue weighted by Crippen LogP contribution is -2.17. The maximum atomic E-state index is 9.20. The van der Waals surface area contributed by atoms with Gasteiger partial charge in [0.25, 0.3) is 0 Å². The molecule has 0 spiro atoms. The van der Waals surface area contributed by atoms with Gasteiger partial charge in [-0.1, -0.05) is 6.07 Å². The molecule has 0 aliphatic heterocycles. The van der Waals surface area contributed by atoms with E-state index < -0.39 is 0 Å². The minimum Gasteiger partial charge on any atom is -0.396 e. The average molecular weight is 199 g/mol. The third-order valence-corrected chi connectivity index (χ3v) is 3.13. The summed E-state index contributed by atoms with van der Waals surface area (Å²) < 4.78 is 0. The highest BCUT2D eigenvalue weighted by molar-refractivity contribution is 7.10. The zero-order chi connectivity index (χ0) is 9.68. The molecule has 3 heteroatoms. The van der Waals surface area contributed by atoms with Gasteiger partial charge >= 0.3 is 0 Å². The number of hydrogen-bond acceptors (Lipinski definition) is 3. The van der Waals surface area contributed by atoms with Crippen LogP contribution in [-0.4, -0.2) is 37.3 Å². The lowest BCUT2D eigenvalue weighted by molar-refractivity contribution is 0.249. The van der Waals surface area contributed by atoms with Crippen LogP contribution in [0.15, 0.2) is 17.5 Å². The molecular formula is C10H17NOS. The lowest BCUT2D eigenvalue weighted by Gasteiger charge is -2.15. The molecule has 1 N–H and O–H groups in total. The second-order valence-electron chi connectivity index (χ2n) is 3.49. The summed E-state index contributed by atoms with van der Waals surface area (Å²) in [5.41, 5.74) is 0. The molecule has 13 heavy (non-hydrogen) atoms. The molecule has 1 atom stereocenters. The molecule has 74 valence electrons. The summed E-state index contributed by atoms with van der Waals surface area (Å²) in [5.74, 6) is 0.322. The topological polar surface area (TPSA) is 23.5 Å². The second kappa shape index (κ2) is 5.37. The largest absolute Gasteiger partial charge is 0.396 e. The Bertz CT molecular complexity index is 221. The van der Waals surface area contributed by atoms with Gasteiger partial charge in [0.05, 0.1) is 6.61 Å². The van der Waals surface area contributed by atoms with Crippen molar-refractivity contribution >= 4 is 11.3 Å². The minimum absolute atomic E-state index is 0.258. The van der Waals surface area contributed by atoms with Gasteiger partial charge < -0.3 is 10.0 Å². The fourth-order valence-corrected chi connectivity index (χ4v) is 2.12. The molecule has 2 nitrogen and oxygen atoms in total. The molecule has 0 saturated carbocycles. The van der Waals surface area contributed by atoms with Crippen LogP contribution >= 0.6 is 11.3 Å². The van der Waals surface area contributed by atoms with Gasteiger partial charge in [-0.2, -0.15) is 0 Å². The fourth-order valence-electron chi connectivity index (χ4n) is 1.26. The summed E-state index contributed by atoms with van der Waals surface area (Å²) in [6.45, 7) is 1.29. The van der Waals surface area contributed by atoms with Crippen molar-refractivity contribution < 1.29 is 5.11 Å². The van der Waals surface area contributed by atoms with E-state index in [9.17, 15) is 5.11 Å². The smallest absolute Gasteiger partial charge is 0.0508 e. The lowest BCUT2D eigenvalue weighted by atomic mass is 10.0. The molecule has 0 fully saturated rings. The summed E-state index contributed by atoms with van der Waals surface area (Å²) in [5, 5.41) is 11.3. The van der Waals surface area contributed by atoms with Crippen LogP contribution in [0, 0.1) is 0 Å². The molecule has 1 rings (SSSR count).